The van der Waals surface area contributed by atoms with E-state index in [4.69, 9.17) is 9.92 Å². The van der Waals surface area contributed by atoms with Gasteiger partial charge in [-0.2, -0.15) is 8.42 Å². The van der Waals surface area contributed by atoms with Gasteiger partial charge in [-0.3, -0.25) is 4.18 Å². The van der Waals surface area contributed by atoms with E-state index >= 15 is 0 Å². The molecule has 6 heteroatoms. The summed E-state index contributed by atoms with van der Waals surface area (Å²) in [7, 11) is -3.39. The first-order valence-electron chi connectivity index (χ1n) is 10.8. The van der Waals surface area contributed by atoms with Gasteiger partial charge in [0, 0.05) is 6.54 Å². The molecule has 0 spiro atoms. The van der Waals surface area contributed by atoms with Gasteiger partial charge in [0.15, 0.2) is 0 Å². The van der Waals surface area contributed by atoms with Crippen LogP contribution in [0.3, 0.4) is 0 Å². The first kappa shape index (κ1) is 29.8. The van der Waals surface area contributed by atoms with Crippen LogP contribution in [0.5, 0.6) is 0 Å². The second kappa shape index (κ2) is 22.9. The Morgan fingerprint density at radius 2 is 1.19 bits per heavy atom. The van der Waals surface area contributed by atoms with E-state index in [2.05, 4.69) is 19.1 Å². The number of hydrogen-bond donors (Lipinski definition) is 1. The van der Waals surface area contributed by atoms with Crippen molar-refractivity contribution in [3.63, 3.8) is 0 Å². The second-order valence-corrected chi connectivity index (χ2v) is 8.92. The summed E-state index contributed by atoms with van der Waals surface area (Å²) in [5.74, 6) is -0.0829. The molecule has 0 saturated carbocycles. The molecule has 0 aliphatic heterocycles. The van der Waals surface area contributed by atoms with Crippen LogP contribution in [0.25, 0.3) is 0 Å². The maximum atomic E-state index is 11.3. The van der Waals surface area contributed by atoms with Crippen LogP contribution in [0, 0.1) is 0 Å². The molecule has 0 radical (unpaired) electrons. The molecule has 158 valence electrons. The number of allylic oxidation sites excluding steroid dienone is 2. The zero-order valence-corrected chi connectivity index (χ0v) is 17.9. The van der Waals surface area contributed by atoms with E-state index in [9.17, 15) is 8.42 Å². The second-order valence-electron chi connectivity index (χ2n) is 7.16. The van der Waals surface area contributed by atoms with E-state index < -0.39 is 10.1 Å². The summed E-state index contributed by atoms with van der Waals surface area (Å²) >= 11 is 0. The molecule has 0 aromatic heterocycles. The average Bonchev–Trinajstić information content (AvgIpc) is 2.60. The predicted octanol–water partition coefficient (Wildman–Crippen LogP) is 5.07. The number of nitrogens with two attached hydrogens (primary N) is 1. The zero-order valence-electron chi connectivity index (χ0n) is 17.1. The van der Waals surface area contributed by atoms with Crippen molar-refractivity contribution in [1.29, 1.82) is 0 Å². The van der Waals surface area contributed by atoms with Crippen molar-refractivity contribution in [2.24, 2.45) is 5.73 Å². The van der Waals surface area contributed by atoms with Crippen molar-refractivity contribution in [1.82, 2.24) is 0 Å². The summed E-state index contributed by atoms with van der Waals surface area (Å²) in [5.41, 5.74) is 5.22. The van der Waals surface area contributed by atoms with Crippen molar-refractivity contribution < 1.29 is 12.6 Å². The molecular weight excluding hydrogens is 369 g/mol. The Balaban J connectivity index is 0. The molecule has 0 aliphatic carbocycles. The molecule has 4 nitrogen and oxygen atoms in total. The van der Waals surface area contributed by atoms with Crippen LogP contribution in [-0.2, 0) is 14.3 Å². The fraction of sp³-hybridized carbons (Fsp3) is 0.905. The third-order valence-corrected chi connectivity index (χ3v) is 5.80. The fourth-order valence-electron chi connectivity index (χ4n) is 2.92. The van der Waals surface area contributed by atoms with Gasteiger partial charge in [-0.1, -0.05) is 83.3 Å². The van der Waals surface area contributed by atoms with Crippen LogP contribution < -0.4 is 5.73 Å². The third kappa shape index (κ3) is 24.6. The first-order valence-corrected chi connectivity index (χ1v) is 12.4. The molecule has 0 aromatic rings. The molecule has 0 atom stereocenters. The predicted molar refractivity (Wildman–Crippen MR) is 120 cm³/mol. The van der Waals surface area contributed by atoms with Crippen molar-refractivity contribution in [2.45, 2.75) is 103 Å². The Morgan fingerprint density at radius 3 is 1.67 bits per heavy atom. The van der Waals surface area contributed by atoms with Crippen LogP contribution in [0.1, 0.15) is 103 Å². The molecule has 0 bridgehead atoms. The summed E-state index contributed by atoms with van der Waals surface area (Å²) in [4.78, 5) is 0. The van der Waals surface area contributed by atoms with E-state index in [1.807, 2.05) is 0 Å². The number of rotatable bonds is 20. The molecule has 0 fully saturated rings. The molecule has 0 rings (SSSR count). The van der Waals surface area contributed by atoms with Crippen molar-refractivity contribution in [3.8, 4) is 0 Å². The van der Waals surface area contributed by atoms with E-state index in [1.54, 1.807) is 0 Å². The van der Waals surface area contributed by atoms with Crippen LogP contribution in [0.15, 0.2) is 12.2 Å². The van der Waals surface area contributed by atoms with Gasteiger partial charge in [0.05, 0.1) is 12.4 Å². The maximum absolute atomic E-state index is 11.3. The Hall–Kier alpha value is 0.610. The van der Waals surface area contributed by atoms with Gasteiger partial charge >= 0.3 is 29.6 Å². The molecular formula is C21H44NNaO3S. The molecule has 0 aromatic carbocycles. The minimum absolute atomic E-state index is 0. The molecule has 0 saturated heterocycles. The average molecular weight is 414 g/mol. The Bertz CT molecular complexity index is 414. The Kier molecular flexibility index (Phi) is 25.3. The van der Waals surface area contributed by atoms with E-state index in [0.29, 0.717) is 6.61 Å². The van der Waals surface area contributed by atoms with Crippen molar-refractivity contribution >= 4 is 39.7 Å². The van der Waals surface area contributed by atoms with E-state index in [-0.39, 0.29) is 41.9 Å². The SMILES string of the molecule is CCCCCCCC/C=C\CCCCCCCCCOS(=O)(=O)CCN.[NaH]. The fourth-order valence-corrected chi connectivity index (χ4v) is 3.69. The third-order valence-electron chi connectivity index (χ3n) is 4.54. The van der Waals surface area contributed by atoms with E-state index in [0.717, 1.165) is 19.3 Å². The zero-order chi connectivity index (χ0) is 19.3. The molecule has 0 heterocycles. The van der Waals surface area contributed by atoms with Gasteiger partial charge in [0.2, 0.25) is 0 Å². The quantitative estimate of drug-likeness (QED) is 0.131. The summed E-state index contributed by atoms with van der Waals surface area (Å²) in [6.45, 7) is 2.68. The molecule has 0 aliphatic rings. The molecule has 0 amide bonds. The van der Waals surface area contributed by atoms with Crippen molar-refractivity contribution in [3.05, 3.63) is 12.2 Å². The Labute approximate surface area is 191 Å². The normalized spacial score (nSPS) is 11.8. The minimum atomic E-state index is -3.39. The standard InChI is InChI=1S/C21H43NO3S.Na.H/c1-2-3-4-5-6-7-8-9-10-11-12-13-14-15-16-17-18-20-25-26(23,24)21-19-22;;/h9-10H,2-8,11-22H2,1H3;;/b10-9-;;. The van der Waals surface area contributed by atoms with Crippen LogP contribution in [0.4, 0.5) is 0 Å². The van der Waals surface area contributed by atoms with Crippen molar-refractivity contribution in [2.75, 3.05) is 18.9 Å². The summed E-state index contributed by atoms with van der Waals surface area (Å²) in [5, 5.41) is 0. The van der Waals surface area contributed by atoms with Gasteiger partial charge in [-0.25, -0.2) is 0 Å². The molecule has 27 heavy (non-hydrogen) atoms. The topological polar surface area (TPSA) is 69.4 Å². The summed E-state index contributed by atoms with van der Waals surface area (Å²) in [6, 6.07) is 0. The van der Waals surface area contributed by atoms with Gasteiger partial charge in [-0.05, 0) is 32.1 Å². The van der Waals surface area contributed by atoms with Gasteiger partial charge in [0.25, 0.3) is 10.1 Å². The number of unbranched alkanes of at least 4 members (excludes halogenated alkanes) is 13. The molecule has 2 N–H and O–H groups in total. The van der Waals surface area contributed by atoms with Gasteiger partial charge in [-0.15, -0.1) is 0 Å². The summed E-state index contributed by atoms with van der Waals surface area (Å²) < 4.78 is 27.5. The van der Waals surface area contributed by atoms with Crippen LogP contribution in [-0.4, -0.2) is 56.9 Å². The van der Waals surface area contributed by atoms with Gasteiger partial charge < -0.3 is 5.73 Å². The number of hydrogen-bond acceptors (Lipinski definition) is 4. The van der Waals surface area contributed by atoms with E-state index in [1.165, 1.54) is 77.0 Å². The monoisotopic (exact) mass is 413 g/mol. The summed E-state index contributed by atoms with van der Waals surface area (Å²) in [6.07, 6.45) is 23.5. The van der Waals surface area contributed by atoms with Crippen LogP contribution in [0.2, 0.25) is 0 Å². The van der Waals surface area contributed by atoms with Crippen LogP contribution >= 0.6 is 0 Å². The van der Waals surface area contributed by atoms with Gasteiger partial charge in [0.1, 0.15) is 0 Å². The first-order chi connectivity index (χ1) is 12.6. The Morgan fingerprint density at radius 1 is 0.741 bits per heavy atom. The molecule has 0 unspecified atom stereocenters.